The minimum atomic E-state index is -1.13. The molecule has 110 valence electrons. The summed E-state index contributed by atoms with van der Waals surface area (Å²) in [5.41, 5.74) is 0.514. The SMILES string of the molecule is COc1cc(-c2cc(C(=O)O)no2)cc(Br)c1OC1CC1. The van der Waals surface area contributed by atoms with Gasteiger partial charge < -0.3 is 19.1 Å². The van der Waals surface area contributed by atoms with Crippen LogP contribution in [-0.4, -0.2) is 29.4 Å². The molecule has 0 radical (unpaired) electrons. The zero-order valence-electron chi connectivity index (χ0n) is 11.1. The fourth-order valence-corrected chi connectivity index (χ4v) is 2.38. The molecule has 1 aliphatic carbocycles. The molecule has 1 aliphatic rings. The summed E-state index contributed by atoms with van der Waals surface area (Å²) in [5.74, 6) is 0.412. The average molecular weight is 354 g/mol. The lowest BCUT2D eigenvalue weighted by Gasteiger charge is -2.13. The van der Waals surface area contributed by atoms with Gasteiger partial charge in [-0.3, -0.25) is 0 Å². The molecule has 1 N–H and O–H groups in total. The molecule has 0 amide bonds. The summed E-state index contributed by atoms with van der Waals surface area (Å²) in [4.78, 5) is 10.8. The van der Waals surface area contributed by atoms with Crippen LogP contribution in [0.15, 0.2) is 27.2 Å². The monoisotopic (exact) mass is 353 g/mol. The van der Waals surface area contributed by atoms with E-state index in [1.54, 1.807) is 19.2 Å². The first-order valence-corrected chi connectivity index (χ1v) is 7.12. The Hall–Kier alpha value is -2.02. The zero-order chi connectivity index (χ0) is 15.0. The second kappa shape index (κ2) is 5.40. The van der Waals surface area contributed by atoms with E-state index in [1.807, 2.05) is 0 Å². The number of hydrogen-bond acceptors (Lipinski definition) is 5. The van der Waals surface area contributed by atoms with E-state index >= 15 is 0 Å². The van der Waals surface area contributed by atoms with Crippen molar-refractivity contribution in [2.75, 3.05) is 7.11 Å². The molecule has 1 aromatic carbocycles. The number of carboxylic acids is 1. The largest absolute Gasteiger partial charge is 0.493 e. The van der Waals surface area contributed by atoms with Crippen molar-refractivity contribution in [1.29, 1.82) is 0 Å². The van der Waals surface area contributed by atoms with E-state index in [2.05, 4.69) is 21.1 Å². The second-order valence-electron chi connectivity index (χ2n) is 4.69. The lowest BCUT2D eigenvalue weighted by atomic mass is 10.1. The van der Waals surface area contributed by atoms with Gasteiger partial charge in [-0.25, -0.2) is 4.79 Å². The van der Waals surface area contributed by atoms with Gasteiger partial charge in [0, 0.05) is 11.6 Å². The Bertz CT molecular complexity index is 693. The third-order valence-electron chi connectivity index (χ3n) is 3.05. The Kier molecular flexibility index (Phi) is 3.59. The number of rotatable bonds is 5. The molecular formula is C14H12BrNO5. The molecule has 0 saturated heterocycles. The number of nitrogens with zero attached hydrogens (tertiary/aromatic N) is 1. The van der Waals surface area contributed by atoms with Crippen LogP contribution < -0.4 is 9.47 Å². The molecule has 6 nitrogen and oxygen atoms in total. The molecule has 0 bridgehead atoms. The third-order valence-corrected chi connectivity index (χ3v) is 3.64. The van der Waals surface area contributed by atoms with Gasteiger partial charge in [0.05, 0.1) is 17.7 Å². The van der Waals surface area contributed by atoms with E-state index < -0.39 is 5.97 Å². The van der Waals surface area contributed by atoms with Gasteiger partial charge in [0.1, 0.15) is 0 Å². The van der Waals surface area contributed by atoms with Crippen LogP contribution in [0.3, 0.4) is 0 Å². The molecular weight excluding hydrogens is 342 g/mol. The van der Waals surface area contributed by atoms with Crippen LogP contribution in [0, 0.1) is 0 Å². The Balaban J connectivity index is 1.98. The van der Waals surface area contributed by atoms with E-state index in [0.717, 1.165) is 17.3 Å². The van der Waals surface area contributed by atoms with E-state index in [9.17, 15) is 4.79 Å². The molecule has 0 aliphatic heterocycles. The number of aromatic nitrogens is 1. The standard InChI is InChI=1S/C14H12BrNO5/c1-19-12-5-7(11-6-10(14(17)18)16-21-11)4-9(15)13(12)20-8-2-3-8/h4-6,8H,2-3H2,1H3,(H,17,18). The quantitative estimate of drug-likeness (QED) is 0.887. The maximum atomic E-state index is 10.8. The van der Waals surface area contributed by atoms with Crippen LogP contribution in [-0.2, 0) is 0 Å². The normalized spacial score (nSPS) is 14.0. The molecule has 1 fully saturated rings. The van der Waals surface area contributed by atoms with Crippen molar-refractivity contribution in [2.24, 2.45) is 0 Å². The number of hydrogen-bond donors (Lipinski definition) is 1. The Labute approximate surface area is 128 Å². The third kappa shape index (κ3) is 2.87. The van der Waals surface area contributed by atoms with E-state index in [1.165, 1.54) is 6.07 Å². The van der Waals surface area contributed by atoms with Crippen molar-refractivity contribution < 1.29 is 23.9 Å². The average Bonchev–Trinajstić information content (AvgIpc) is 3.13. The van der Waals surface area contributed by atoms with E-state index in [-0.39, 0.29) is 11.8 Å². The minimum absolute atomic E-state index is 0.140. The van der Waals surface area contributed by atoms with Gasteiger partial charge in [-0.15, -0.1) is 0 Å². The first kappa shape index (κ1) is 13.9. The molecule has 1 heterocycles. The predicted octanol–water partition coefficient (Wildman–Crippen LogP) is 3.35. The highest BCUT2D eigenvalue weighted by molar-refractivity contribution is 9.10. The van der Waals surface area contributed by atoms with E-state index in [4.69, 9.17) is 19.1 Å². The van der Waals surface area contributed by atoms with Gasteiger partial charge in [0.2, 0.25) is 0 Å². The number of carboxylic acid groups (broad SMARTS) is 1. The van der Waals surface area contributed by atoms with Crippen LogP contribution in [0.5, 0.6) is 11.5 Å². The summed E-state index contributed by atoms with van der Waals surface area (Å²) in [6, 6.07) is 4.88. The molecule has 2 aromatic rings. The van der Waals surface area contributed by atoms with Gasteiger partial charge in [-0.05, 0) is 40.9 Å². The predicted molar refractivity (Wildman–Crippen MR) is 76.8 cm³/mol. The van der Waals surface area contributed by atoms with Crippen molar-refractivity contribution in [3.8, 4) is 22.8 Å². The summed E-state index contributed by atoms with van der Waals surface area (Å²) in [6.07, 6.45) is 2.33. The van der Waals surface area contributed by atoms with Gasteiger partial charge in [-0.1, -0.05) is 5.16 Å². The van der Waals surface area contributed by atoms with Crippen LogP contribution in [0.2, 0.25) is 0 Å². The van der Waals surface area contributed by atoms with Crippen LogP contribution in [0.1, 0.15) is 23.3 Å². The molecule has 0 atom stereocenters. The summed E-state index contributed by atoms with van der Waals surface area (Å²) >= 11 is 3.44. The van der Waals surface area contributed by atoms with E-state index in [0.29, 0.717) is 22.8 Å². The number of halogens is 1. The minimum Gasteiger partial charge on any atom is -0.493 e. The van der Waals surface area contributed by atoms with Crippen molar-refractivity contribution in [3.05, 3.63) is 28.4 Å². The highest BCUT2D eigenvalue weighted by atomic mass is 79.9. The van der Waals surface area contributed by atoms with Crippen LogP contribution >= 0.6 is 15.9 Å². The van der Waals surface area contributed by atoms with Gasteiger partial charge in [0.25, 0.3) is 0 Å². The first-order valence-electron chi connectivity index (χ1n) is 6.33. The molecule has 0 unspecified atom stereocenters. The van der Waals surface area contributed by atoms with Gasteiger partial charge in [-0.2, -0.15) is 0 Å². The Morgan fingerprint density at radius 2 is 2.19 bits per heavy atom. The highest BCUT2D eigenvalue weighted by Crippen LogP contribution is 2.42. The lowest BCUT2D eigenvalue weighted by molar-refractivity contribution is 0.0686. The molecule has 0 spiro atoms. The number of methoxy groups -OCH3 is 1. The zero-order valence-corrected chi connectivity index (χ0v) is 12.7. The fourth-order valence-electron chi connectivity index (χ4n) is 1.84. The molecule has 3 rings (SSSR count). The molecule has 21 heavy (non-hydrogen) atoms. The lowest BCUT2D eigenvalue weighted by Crippen LogP contribution is -1.99. The fraction of sp³-hybridized carbons (Fsp3) is 0.286. The summed E-state index contributed by atoms with van der Waals surface area (Å²) in [6.45, 7) is 0. The summed E-state index contributed by atoms with van der Waals surface area (Å²) in [7, 11) is 1.55. The van der Waals surface area contributed by atoms with Crippen molar-refractivity contribution in [1.82, 2.24) is 5.16 Å². The molecule has 1 aromatic heterocycles. The van der Waals surface area contributed by atoms with Gasteiger partial charge >= 0.3 is 5.97 Å². The Morgan fingerprint density at radius 3 is 2.76 bits per heavy atom. The van der Waals surface area contributed by atoms with Gasteiger partial charge in [0.15, 0.2) is 23.0 Å². The summed E-state index contributed by atoms with van der Waals surface area (Å²) in [5, 5.41) is 12.4. The van der Waals surface area contributed by atoms with Crippen molar-refractivity contribution in [3.63, 3.8) is 0 Å². The smallest absolute Gasteiger partial charge is 0.358 e. The maximum Gasteiger partial charge on any atom is 0.358 e. The Morgan fingerprint density at radius 1 is 1.43 bits per heavy atom. The van der Waals surface area contributed by atoms with Crippen LogP contribution in [0.25, 0.3) is 11.3 Å². The highest BCUT2D eigenvalue weighted by Gasteiger charge is 2.27. The van der Waals surface area contributed by atoms with Crippen molar-refractivity contribution >= 4 is 21.9 Å². The molecule has 7 heteroatoms. The number of carbonyl (C=O) groups is 1. The van der Waals surface area contributed by atoms with Crippen molar-refractivity contribution in [2.45, 2.75) is 18.9 Å². The summed E-state index contributed by atoms with van der Waals surface area (Å²) < 4.78 is 16.9. The number of ether oxygens (including phenoxy) is 2. The topological polar surface area (TPSA) is 81.8 Å². The van der Waals surface area contributed by atoms with Crippen LogP contribution in [0.4, 0.5) is 0 Å². The number of benzene rings is 1. The second-order valence-corrected chi connectivity index (χ2v) is 5.54. The maximum absolute atomic E-state index is 10.8. The molecule has 1 saturated carbocycles. The number of aromatic carboxylic acids is 1. The first-order chi connectivity index (χ1) is 10.1.